The van der Waals surface area contributed by atoms with E-state index in [0.717, 1.165) is 17.8 Å². The Morgan fingerprint density at radius 3 is 2.30 bits per heavy atom. The second-order valence-corrected chi connectivity index (χ2v) is 9.83. The number of alkyl halides is 3. The summed E-state index contributed by atoms with van der Waals surface area (Å²) < 4.78 is 67.4. The molecule has 0 spiro atoms. The van der Waals surface area contributed by atoms with E-state index >= 15 is 4.39 Å². The van der Waals surface area contributed by atoms with Crippen molar-refractivity contribution in [3.63, 3.8) is 0 Å². The average Bonchev–Trinajstić information content (AvgIpc) is 2.96. The Bertz CT molecular complexity index is 1420. The summed E-state index contributed by atoms with van der Waals surface area (Å²) >= 11 is 0. The number of carbonyl (C=O) groups excluding carboxylic acids is 1. The third-order valence-corrected chi connectivity index (χ3v) is 7.43. The topological polar surface area (TPSA) is 103 Å². The van der Waals surface area contributed by atoms with Gasteiger partial charge in [-0.05, 0) is 42.0 Å². The van der Waals surface area contributed by atoms with Crippen LogP contribution in [0.1, 0.15) is 11.1 Å². The zero-order valence-electron chi connectivity index (χ0n) is 24.0. The minimum Gasteiger partial charge on any atom is -0.548 e. The number of halogens is 4. The minimum atomic E-state index is -4.62. The number of hydrogen-bond acceptors (Lipinski definition) is 8. The maximum atomic E-state index is 15.3. The average molecular weight is 615 g/mol. The van der Waals surface area contributed by atoms with Gasteiger partial charge in [0.05, 0.1) is 43.7 Å². The number of anilines is 3. The SMILES string of the molecule is COc1cccc(N2CCN(C3N(c4cc(C(F)(F)F)ccc4OC)Cc4cccc(F)c4N3CC(=O)[O-])CC2)c1.O.[Na+]. The molecular weight excluding hydrogens is 583 g/mol. The van der Waals surface area contributed by atoms with Crippen LogP contribution in [0, 0.1) is 5.82 Å². The number of piperazine rings is 1. The van der Waals surface area contributed by atoms with E-state index in [1.54, 1.807) is 18.1 Å². The van der Waals surface area contributed by atoms with Crippen molar-refractivity contribution in [2.24, 2.45) is 0 Å². The monoisotopic (exact) mass is 614 g/mol. The number of fused-ring (bicyclic) bond motifs is 1. The molecule has 2 aliphatic rings. The van der Waals surface area contributed by atoms with Crippen LogP contribution < -0.4 is 58.8 Å². The number of carbonyl (C=O) groups is 1. The van der Waals surface area contributed by atoms with Crippen molar-refractivity contribution in [1.29, 1.82) is 0 Å². The van der Waals surface area contributed by atoms with E-state index < -0.39 is 36.4 Å². The molecule has 2 aliphatic heterocycles. The molecular formula is C29H31F4N4NaO5. The van der Waals surface area contributed by atoms with Gasteiger partial charge < -0.3 is 39.6 Å². The van der Waals surface area contributed by atoms with E-state index in [0.29, 0.717) is 37.5 Å². The molecule has 3 aromatic rings. The number of ether oxygens (including phenoxy) is 2. The first-order valence-electron chi connectivity index (χ1n) is 13.0. The van der Waals surface area contributed by atoms with Crippen molar-refractivity contribution in [2.45, 2.75) is 19.0 Å². The van der Waals surface area contributed by atoms with Gasteiger partial charge in [0, 0.05) is 44.5 Å². The molecule has 2 N–H and O–H groups in total. The van der Waals surface area contributed by atoms with Crippen molar-refractivity contribution < 1.29 is 72.0 Å². The smallest absolute Gasteiger partial charge is 0.548 e. The van der Waals surface area contributed by atoms with E-state index in [4.69, 9.17) is 9.47 Å². The molecule has 14 heteroatoms. The number of para-hydroxylation sites is 1. The Balaban J connectivity index is 0.00000253. The van der Waals surface area contributed by atoms with Crippen LogP contribution in [0.2, 0.25) is 0 Å². The number of benzene rings is 3. The van der Waals surface area contributed by atoms with Gasteiger partial charge in [-0.15, -0.1) is 0 Å². The van der Waals surface area contributed by atoms with Crippen LogP contribution in [-0.2, 0) is 17.5 Å². The Morgan fingerprint density at radius 2 is 1.67 bits per heavy atom. The molecule has 0 amide bonds. The van der Waals surface area contributed by atoms with Crippen LogP contribution in [0.25, 0.3) is 0 Å². The van der Waals surface area contributed by atoms with Crippen LogP contribution in [-0.4, -0.2) is 69.6 Å². The van der Waals surface area contributed by atoms with Crippen LogP contribution >= 0.6 is 0 Å². The minimum absolute atomic E-state index is 0. The maximum absolute atomic E-state index is 15.3. The van der Waals surface area contributed by atoms with Crippen LogP contribution in [0.5, 0.6) is 11.5 Å². The zero-order valence-corrected chi connectivity index (χ0v) is 26.0. The van der Waals surface area contributed by atoms with Gasteiger partial charge in [0.1, 0.15) is 17.3 Å². The second kappa shape index (κ2) is 14.0. The predicted molar refractivity (Wildman–Crippen MR) is 147 cm³/mol. The Hall–Kier alpha value is -3.23. The summed E-state index contributed by atoms with van der Waals surface area (Å²) in [6.07, 6.45) is -5.56. The fourth-order valence-corrected chi connectivity index (χ4v) is 5.57. The van der Waals surface area contributed by atoms with Crippen LogP contribution in [0.15, 0.2) is 60.7 Å². The van der Waals surface area contributed by atoms with Gasteiger partial charge in [0.15, 0.2) is 6.29 Å². The number of rotatable bonds is 7. The number of hydrogen-bond donors (Lipinski definition) is 0. The van der Waals surface area contributed by atoms with E-state index in [1.165, 1.54) is 30.2 Å². The summed E-state index contributed by atoms with van der Waals surface area (Å²) in [5.41, 5.74) is 0.676. The summed E-state index contributed by atoms with van der Waals surface area (Å²) in [6, 6.07) is 15.1. The molecule has 5 rings (SSSR count). The first kappa shape index (κ1) is 34.3. The summed E-state index contributed by atoms with van der Waals surface area (Å²) in [5.74, 6) is -1.20. The summed E-state index contributed by atoms with van der Waals surface area (Å²) in [7, 11) is 2.93. The van der Waals surface area contributed by atoms with E-state index in [1.807, 2.05) is 29.2 Å². The van der Waals surface area contributed by atoms with Crippen molar-refractivity contribution in [2.75, 3.05) is 61.6 Å². The second-order valence-electron chi connectivity index (χ2n) is 9.83. The number of carboxylic acids is 1. The largest absolute Gasteiger partial charge is 1.00 e. The van der Waals surface area contributed by atoms with Crippen LogP contribution in [0.4, 0.5) is 34.6 Å². The maximum Gasteiger partial charge on any atom is 1.00 e. The molecule has 1 atom stereocenters. The molecule has 0 radical (unpaired) electrons. The van der Waals surface area contributed by atoms with Crippen LogP contribution in [0.3, 0.4) is 0 Å². The molecule has 0 bridgehead atoms. The number of aliphatic carboxylic acids is 1. The number of methoxy groups -OCH3 is 2. The molecule has 226 valence electrons. The van der Waals surface area contributed by atoms with Crippen molar-refractivity contribution in [1.82, 2.24) is 4.90 Å². The third-order valence-electron chi connectivity index (χ3n) is 7.43. The summed E-state index contributed by atoms with van der Waals surface area (Å²) in [4.78, 5) is 19.0. The number of carboxylic acid groups (broad SMARTS) is 1. The van der Waals surface area contributed by atoms with E-state index in [2.05, 4.69) is 4.90 Å². The summed E-state index contributed by atoms with van der Waals surface area (Å²) in [6.45, 7) is 1.22. The molecule has 0 aliphatic carbocycles. The number of nitrogens with zero attached hydrogens (tertiary/aromatic N) is 4. The quantitative estimate of drug-likeness (QED) is 0.265. The van der Waals surface area contributed by atoms with Crippen molar-refractivity contribution in [3.05, 3.63) is 77.6 Å². The Kier molecular flexibility index (Phi) is 11.2. The molecule has 0 aromatic heterocycles. The molecule has 1 fully saturated rings. The Labute approximate surface area is 268 Å². The fraction of sp³-hybridized carbons (Fsp3) is 0.345. The molecule has 1 unspecified atom stereocenters. The standard InChI is InChI=1S/C29H30F4N4O4.Na.H2O/c1-40-22-7-4-6-21(16-22)34-11-13-35(14-12-34)28-36(24-15-20(29(31,32)33)9-10-25(24)41-2)17-19-5-3-8-23(30)27(19)37(28)18-26(38)39;;/h3-10,15-16,28H,11-14,17-18H2,1-2H3,(H,38,39);;1H2/q;+1;/p-1. The van der Waals surface area contributed by atoms with Gasteiger partial charge in [-0.2, -0.15) is 13.2 Å². The molecule has 9 nitrogen and oxygen atoms in total. The van der Waals surface area contributed by atoms with Crippen molar-refractivity contribution in [3.8, 4) is 11.5 Å². The Morgan fingerprint density at radius 1 is 0.977 bits per heavy atom. The molecule has 0 saturated carbocycles. The molecule has 2 heterocycles. The van der Waals surface area contributed by atoms with Gasteiger partial charge in [0.2, 0.25) is 0 Å². The van der Waals surface area contributed by atoms with Gasteiger partial charge in [-0.3, -0.25) is 4.90 Å². The van der Waals surface area contributed by atoms with Gasteiger partial charge in [-0.1, -0.05) is 18.2 Å². The normalized spacial score (nSPS) is 17.0. The van der Waals surface area contributed by atoms with Gasteiger partial charge in [-0.25, -0.2) is 4.39 Å². The third kappa shape index (κ3) is 7.13. The zero-order chi connectivity index (χ0) is 29.3. The van der Waals surface area contributed by atoms with Gasteiger partial charge in [0.25, 0.3) is 0 Å². The predicted octanol–water partition coefficient (Wildman–Crippen LogP) is -0.277. The first-order chi connectivity index (χ1) is 19.6. The molecule has 3 aromatic carbocycles. The van der Waals surface area contributed by atoms with Crippen molar-refractivity contribution >= 4 is 23.0 Å². The van der Waals surface area contributed by atoms with E-state index in [9.17, 15) is 23.1 Å². The fourth-order valence-electron chi connectivity index (χ4n) is 5.57. The molecule has 1 saturated heterocycles. The first-order valence-corrected chi connectivity index (χ1v) is 13.0. The molecule has 43 heavy (non-hydrogen) atoms. The summed E-state index contributed by atoms with van der Waals surface area (Å²) in [5, 5.41) is 12.0. The van der Waals surface area contributed by atoms with E-state index in [-0.39, 0.29) is 58.7 Å². The van der Waals surface area contributed by atoms with Gasteiger partial charge >= 0.3 is 35.7 Å².